The number of halogens is 1. The molecule has 0 saturated heterocycles. The minimum absolute atomic E-state index is 0. The summed E-state index contributed by atoms with van der Waals surface area (Å²) < 4.78 is 12.2. The number of hydrogen-bond donors (Lipinski definition) is 1. The fraction of sp³-hybridized carbons (Fsp3) is 0.143. The van der Waals surface area contributed by atoms with Crippen LogP contribution in [0.2, 0.25) is 0 Å². The number of benzene rings is 1. The molecule has 0 aliphatic rings. The Bertz CT molecular complexity index is 185. The van der Waals surface area contributed by atoms with Gasteiger partial charge in [0.05, 0.1) is 0 Å². The van der Waals surface area contributed by atoms with Crippen molar-refractivity contribution in [2.45, 2.75) is 6.54 Å². The molecule has 0 aliphatic carbocycles. The molecule has 0 heterocycles. The molecule has 0 bridgehead atoms. The average molecular weight is 131 g/mol. The summed E-state index contributed by atoms with van der Waals surface area (Å²) in [6.45, 7) is 0.417. The van der Waals surface area contributed by atoms with Crippen molar-refractivity contribution in [3.05, 3.63) is 35.6 Å². The van der Waals surface area contributed by atoms with Crippen molar-refractivity contribution in [2.24, 2.45) is 5.73 Å². The Morgan fingerprint density at radius 1 is 1.50 bits per heavy atom. The van der Waals surface area contributed by atoms with E-state index in [1.165, 1.54) is 12.1 Å². The summed E-state index contributed by atoms with van der Waals surface area (Å²) >= 11 is 0. The summed E-state index contributed by atoms with van der Waals surface area (Å²) in [5.41, 5.74) is 6.08. The quantitative estimate of drug-likeness (QED) is 0.349. The van der Waals surface area contributed by atoms with E-state index in [1.807, 2.05) is 0 Å². The molecular formula is C7H7FLiN. The second-order valence-electron chi connectivity index (χ2n) is 1.74. The van der Waals surface area contributed by atoms with Gasteiger partial charge in [-0.05, 0) is 6.54 Å². The molecular weight excluding hydrogens is 124 g/mol. The molecule has 0 radical (unpaired) electrons. The van der Waals surface area contributed by atoms with Gasteiger partial charge in [0.25, 0.3) is 0 Å². The van der Waals surface area contributed by atoms with Gasteiger partial charge in [0.2, 0.25) is 0 Å². The zero-order valence-corrected chi connectivity index (χ0v) is 5.89. The predicted octanol–water partition coefficient (Wildman–Crippen LogP) is -1.91. The Labute approximate surface area is 71.6 Å². The summed E-state index contributed by atoms with van der Waals surface area (Å²) in [6, 6.07) is 6.96. The molecule has 0 spiro atoms. The third-order valence-electron chi connectivity index (χ3n) is 1.06. The number of rotatable bonds is 1. The molecule has 1 rings (SSSR count). The van der Waals surface area contributed by atoms with Crippen LogP contribution in [0.4, 0.5) is 4.39 Å². The molecule has 1 aromatic rings. The molecule has 10 heavy (non-hydrogen) atoms. The Balaban J connectivity index is 0.000000810. The Kier molecular flexibility index (Phi) is 4.38. The van der Waals surface area contributed by atoms with Crippen LogP contribution in [0.3, 0.4) is 0 Å². The predicted molar refractivity (Wildman–Crippen MR) is 33.1 cm³/mol. The third kappa shape index (κ3) is 2.53. The first-order valence-electron chi connectivity index (χ1n) is 2.69. The largest absolute Gasteiger partial charge is 1.00 e. The first-order chi connectivity index (χ1) is 4.33. The Hall–Kier alpha value is -0.293. The van der Waals surface area contributed by atoms with Gasteiger partial charge in [-0.15, -0.1) is 17.7 Å². The second kappa shape index (κ2) is 4.51. The van der Waals surface area contributed by atoms with Crippen LogP contribution in [-0.4, -0.2) is 0 Å². The Morgan fingerprint density at radius 3 is 2.60 bits per heavy atom. The summed E-state index contributed by atoms with van der Waals surface area (Å²) in [5.74, 6) is -0.271. The van der Waals surface area contributed by atoms with E-state index in [-0.39, 0.29) is 24.7 Å². The van der Waals surface area contributed by atoms with E-state index < -0.39 is 0 Å². The van der Waals surface area contributed by atoms with Gasteiger partial charge in [-0.1, -0.05) is 0 Å². The molecule has 0 amide bonds. The van der Waals surface area contributed by atoms with Gasteiger partial charge in [0.1, 0.15) is 0 Å². The minimum atomic E-state index is -0.271. The van der Waals surface area contributed by atoms with Crippen LogP contribution in [0, 0.1) is 11.9 Å². The topological polar surface area (TPSA) is 26.0 Å². The summed E-state index contributed by atoms with van der Waals surface area (Å²) in [5, 5.41) is 0. The van der Waals surface area contributed by atoms with Crippen LogP contribution in [0.5, 0.6) is 0 Å². The van der Waals surface area contributed by atoms with E-state index in [1.54, 1.807) is 6.07 Å². The molecule has 0 atom stereocenters. The molecule has 1 aromatic carbocycles. The zero-order chi connectivity index (χ0) is 6.69. The molecule has 0 aromatic heterocycles. The monoisotopic (exact) mass is 131 g/mol. The molecule has 3 heteroatoms. The maximum atomic E-state index is 12.2. The van der Waals surface area contributed by atoms with E-state index in [0.717, 1.165) is 5.56 Å². The van der Waals surface area contributed by atoms with E-state index in [2.05, 4.69) is 6.07 Å². The number of nitrogens with two attached hydrogens (primary N) is 1. The maximum Gasteiger partial charge on any atom is 1.00 e. The van der Waals surface area contributed by atoms with Gasteiger partial charge in [0.15, 0.2) is 0 Å². The van der Waals surface area contributed by atoms with Crippen molar-refractivity contribution in [2.75, 3.05) is 0 Å². The molecule has 0 unspecified atom stereocenters. The second-order valence-corrected chi connectivity index (χ2v) is 1.74. The smallest absolute Gasteiger partial charge is 0.328 e. The normalized spacial score (nSPS) is 8.60. The average Bonchev–Trinajstić information content (AvgIpc) is 1.90. The van der Waals surface area contributed by atoms with Crippen molar-refractivity contribution < 1.29 is 23.3 Å². The van der Waals surface area contributed by atoms with E-state index in [9.17, 15) is 4.39 Å². The van der Waals surface area contributed by atoms with E-state index in [4.69, 9.17) is 5.73 Å². The van der Waals surface area contributed by atoms with Crippen LogP contribution in [0.15, 0.2) is 18.2 Å². The van der Waals surface area contributed by atoms with E-state index >= 15 is 0 Å². The van der Waals surface area contributed by atoms with Crippen molar-refractivity contribution in [3.8, 4) is 0 Å². The SMILES string of the molecule is NCc1[c-]cc(F)cc1.[Li+]. The Morgan fingerprint density at radius 2 is 2.20 bits per heavy atom. The van der Waals surface area contributed by atoms with Gasteiger partial charge in [0, 0.05) is 5.82 Å². The molecule has 1 nitrogen and oxygen atoms in total. The molecule has 0 fully saturated rings. The fourth-order valence-corrected chi connectivity index (χ4v) is 0.565. The van der Waals surface area contributed by atoms with Crippen LogP contribution in [-0.2, 0) is 6.54 Å². The van der Waals surface area contributed by atoms with Crippen LogP contribution >= 0.6 is 0 Å². The minimum Gasteiger partial charge on any atom is -0.328 e. The summed E-state index contributed by atoms with van der Waals surface area (Å²) in [6.07, 6.45) is 0. The first-order valence-corrected chi connectivity index (χ1v) is 2.69. The van der Waals surface area contributed by atoms with Gasteiger partial charge >= 0.3 is 18.9 Å². The van der Waals surface area contributed by atoms with Gasteiger partial charge in [-0.3, -0.25) is 4.39 Å². The standard InChI is InChI=1S/C7H7FN.Li/c8-7-3-1-6(5-9)2-4-7;/h1,3-4H,5,9H2;/q-1;+1. The van der Waals surface area contributed by atoms with Crippen LogP contribution < -0.4 is 24.6 Å². The van der Waals surface area contributed by atoms with Crippen LogP contribution in [0.1, 0.15) is 5.56 Å². The van der Waals surface area contributed by atoms with Crippen LogP contribution in [0.25, 0.3) is 0 Å². The van der Waals surface area contributed by atoms with Crippen molar-refractivity contribution in [1.82, 2.24) is 0 Å². The molecule has 0 aliphatic heterocycles. The van der Waals surface area contributed by atoms with Crippen molar-refractivity contribution in [1.29, 1.82) is 0 Å². The van der Waals surface area contributed by atoms with Gasteiger partial charge in [-0.25, -0.2) is 0 Å². The third-order valence-corrected chi connectivity index (χ3v) is 1.06. The molecule has 0 saturated carbocycles. The van der Waals surface area contributed by atoms with Gasteiger partial charge < -0.3 is 5.73 Å². The van der Waals surface area contributed by atoms with Crippen molar-refractivity contribution in [3.63, 3.8) is 0 Å². The van der Waals surface area contributed by atoms with Gasteiger partial charge in [-0.2, -0.15) is 12.1 Å². The maximum absolute atomic E-state index is 12.2. The number of hydrogen-bond acceptors (Lipinski definition) is 1. The van der Waals surface area contributed by atoms with E-state index in [0.29, 0.717) is 6.54 Å². The molecule has 48 valence electrons. The fourth-order valence-electron chi connectivity index (χ4n) is 0.565. The molecule has 2 N–H and O–H groups in total. The zero-order valence-electron chi connectivity index (χ0n) is 5.89. The summed E-state index contributed by atoms with van der Waals surface area (Å²) in [7, 11) is 0. The summed E-state index contributed by atoms with van der Waals surface area (Å²) in [4.78, 5) is 0. The van der Waals surface area contributed by atoms with Crippen molar-refractivity contribution >= 4 is 0 Å². The first kappa shape index (κ1) is 9.71.